The molecule has 7 heteroatoms. The summed E-state index contributed by atoms with van der Waals surface area (Å²) in [4.78, 5) is 10.9. The van der Waals surface area contributed by atoms with Crippen LogP contribution in [-0.2, 0) is 9.84 Å². The fourth-order valence-corrected chi connectivity index (χ4v) is 3.53. The Morgan fingerprint density at radius 1 is 1.50 bits per heavy atom. The van der Waals surface area contributed by atoms with Crippen molar-refractivity contribution in [2.24, 2.45) is 5.84 Å². The van der Waals surface area contributed by atoms with Crippen LogP contribution in [0.25, 0.3) is 0 Å². The van der Waals surface area contributed by atoms with E-state index in [1.807, 2.05) is 0 Å². The predicted molar refractivity (Wildman–Crippen MR) is 40.8 cm³/mol. The highest BCUT2D eigenvalue weighted by atomic mass is 32.2. The lowest BCUT2D eigenvalue weighted by molar-refractivity contribution is 0.208. The Bertz CT molecular complexity index is 325. The van der Waals surface area contributed by atoms with Crippen LogP contribution in [0.2, 0.25) is 0 Å². The van der Waals surface area contributed by atoms with Gasteiger partial charge in [0.2, 0.25) is 0 Å². The van der Waals surface area contributed by atoms with Gasteiger partial charge in [0.15, 0.2) is 9.84 Å². The first kappa shape index (κ1) is 7.81. The van der Waals surface area contributed by atoms with Crippen molar-refractivity contribution in [3.8, 4) is 0 Å². The number of fused-ring (bicyclic) bond motifs is 1. The topological polar surface area (TPSA) is 92.5 Å². The van der Waals surface area contributed by atoms with Gasteiger partial charge in [-0.05, 0) is 0 Å². The number of rotatable bonds is 0. The van der Waals surface area contributed by atoms with Crippen LogP contribution in [0.4, 0.5) is 4.79 Å². The minimum absolute atomic E-state index is 0.0110. The summed E-state index contributed by atoms with van der Waals surface area (Å²) in [5.41, 5.74) is 0. The minimum atomic E-state index is -3.00. The largest absolute Gasteiger partial charge is 0.332 e. The van der Waals surface area contributed by atoms with Gasteiger partial charge in [-0.1, -0.05) is 0 Å². The van der Waals surface area contributed by atoms with E-state index in [4.69, 9.17) is 5.84 Å². The number of carbonyl (C=O) groups is 1. The molecule has 2 fully saturated rings. The number of carbonyl (C=O) groups excluding carboxylic acids is 1. The summed E-state index contributed by atoms with van der Waals surface area (Å²) >= 11 is 0. The van der Waals surface area contributed by atoms with E-state index in [-0.39, 0.29) is 29.6 Å². The predicted octanol–water partition coefficient (Wildman–Crippen LogP) is -1.95. The van der Waals surface area contributed by atoms with Crippen molar-refractivity contribution in [1.29, 1.82) is 0 Å². The Kier molecular flexibility index (Phi) is 1.37. The van der Waals surface area contributed by atoms with Gasteiger partial charge in [-0.15, -0.1) is 0 Å². The van der Waals surface area contributed by atoms with Crippen LogP contribution in [0.5, 0.6) is 0 Å². The first-order chi connectivity index (χ1) is 5.49. The van der Waals surface area contributed by atoms with Crippen LogP contribution in [0.3, 0.4) is 0 Å². The van der Waals surface area contributed by atoms with Crippen LogP contribution >= 0.6 is 0 Å². The normalized spacial score (nSPS) is 38.1. The lowest BCUT2D eigenvalue weighted by Crippen LogP contribution is -2.42. The second-order valence-electron chi connectivity index (χ2n) is 3.11. The van der Waals surface area contributed by atoms with E-state index >= 15 is 0 Å². The van der Waals surface area contributed by atoms with Gasteiger partial charge < -0.3 is 5.32 Å². The maximum atomic E-state index is 11.1. The van der Waals surface area contributed by atoms with Gasteiger partial charge in [0.05, 0.1) is 23.6 Å². The number of sulfone groups is 1. The molecule has 3 N–H and O–H groups in total. The standard InChI is InChI=1S/C5H9N3O3S/c6-8-4-2-12(10,11)1-3(4)7-5(8)9/h3-4H,1-2,6H2,(H,7,9). The molecule has 0 radical (unpaired) electrons. The van der Waals surface area contributed by atoms with E-state index in [0.717, 1.165) is 5.01 Å². The minimum Gasteiger partial charge on any atom is -0.331 e. The van der Waals surface area contributed by atoms with Gasteiger partial charge in [0, 0.05) is 0 Å². The van der Waals surface area contributed by atoms with Gasteiger partial charge in [0.25, 0.3) is 0 Å². The number of hydrogen-bond donors (Lipinski definition) is 2. The molecule has 0 spiro atoms. The smallest absolute Gasteiger partial charge is 0.331 e. The molecule has 2 aliphatic heterocycles. The Hall–Kier alpha value is -0.820. The summed E-state index contributed by atoms with van der Waals surface area (Å²) in [6.45, 7) is 0. The lowest BCUT2D eigenvalue weighted by atomic mass is 10.2. The maximum absolute atomic E-state index is 11.1. The number of nitrogens with zero attached hydrogens (tertiary/aromatic N) is 1. The molecule has 0 aromatic heterocycles. The maximum Gasteiger partial charge on any atom is 0.332 e. The molecule has 0 aliphatic carbocycles. The van der Waals surface area contributed by atoms with Crippen molar-refractivity contribution in [3.05, 3.63) is 0 Å². The molecule has 2 amide bonds. The molecule has 2 saturated heterocycles. The summed E-state index contributed by atoms with van der Waals surface area (Å²) in [5, 5.41) is 3.47. The van der Waals surface area contributed by atoms with Gasteiger partial charge in [-0.2, -0.15) is 0 Å². The van der Waals surface area contributed by atoms with Crippen molar-refractivity contribution in [3.63, 3.8) is 0 Å². The average molecular weight is 191 g/mol. The third kappa shape index (κ3) is 0.969. The lowest BCUT2D eigenvalue weighted by Gasteiger charge is -2.13. The first-order valence-electron chi connectivity index (χ1n) is 3.54. The Morgan fingerprint density at radius 3 is 2.75 bits per heavy atom. The number of hydrogen-bond acceptors (Lipinski definition) is 4. The summed E-state index contributed by atoms with van der Waals surface area (Å²) in [6, 6.07) is -1.07. The molecule has 0 saturated carbocycles. The van der Waals surface area contributed by atoms with Crippen molar-refractivity contribution >= 4 is 15.9 Å². The molecule has 68 valence electrons. The molecule has 0 aromatic rings. The highest BCUT2D eigenvalue weighted by Gasteiger charge is 2.47. The van der Waals surface area contributed by atoms with Gasteiger partial charge in [-0.25, -0.2) is 19.1 Å². The average Bonchev–Trinajstić information content (AvgIpc) is 2.33. The molecular formula is C5H9N3O3S. The van der Waals surface area contributed by atoms with Crippen LogP contribution < -0.4 is 11.2 Å². The Morgan fingerprint density at radius 2 is 2.17 bits per heavy atom. The molecule has 2 heterocycles. The van der Waals surface area contributed by atoms with E-state index in [0.29, 0.717) is 0 Å². The van der Waals surface area contributed by atoms with Crippen molar-refractivity contribution in [2.75, 3.05) is 11.5 Å². The second kappa shape index (κ2) is 2.11. The molecule has 2 aliphatic rings. The van der Waals surface area contributed by atoms with Gasteiger partial charge in [0.1, 0.15) is 0 Å². The molecule has 12 heavy (non-hydrogen) atoms. The van der Waals surface area contributed by atoms with E-state index in [9.17, 15) is 13.2 Å². The summed E-state index contributed by atoms with van der Waals surface area (Å²) in [5.74, 6) is 5.33. The van der Waals surface area contributed by atoms with E-state index in [2.05, 4.69) is 5.32 Å². The van der Waals surface area contributed by atoms with Crippen LogP contribution in [0.1, 0.15) is 0 Å². The Balaban J connectivity index is 2.27. The summed E-state index contributed by atoms with van der Waals surface area (Å²) < 4.78 is 22.1. The highest BCUT2D eigenvalue weighted by Crippen LogP contribution is 2.20. The molecule has 6 nitrogen and oxygen atoms in total. The molecule has 2 rings (SSSR count). The van der Waals surface area contributed by atoms with E-state index < -0.39 is 9.84 Å². The van der Waals surface area contributed by atoms with Gasteiger partial charge in [-0.3, -0.25) is 5.01 Å². The summed E-state index contributed by atoms with van der Waals surface area (Å²) in [6.07, 6.45) is 0. The van der Waals surface area contributed by atoms with E-state index in [1.54, 1.807) is 0 Å². The third-order valence-electron chi connectivity index (χ3n) is 2.22. The molecule has 0 aromatic carbocycles. The van der Waals surface area contributed by atoms with Crippen LogP contribution in [0, 0.1) is 0 Å². The van der Waals surface area contributed by atoms with Crippen molar-refractivity contribution < 1.29 is 13.2 Å². The van der Waals surface area contributed by atoms with Gasteiger partial charge >= 0.3 is 6.03 Å². The number of nitrogens with two attached hydrogens (primary N) is 1. The first-order valence-corrected chi connectivity index (χ1v) is 5.36. The van der Waals surface area contributed by atoms with Crippen molar-refractivity contribution in [1.82, 2.24) is 10.3 Å². The summed E-state index contributed by atoms with van der Waals surface area (Å²) in [7, 11) is -3.00. The van der Waals surface area contributed by atoms with Crippen molar-refractivity contribution in [2.45, 2.75) is 12.1 Å². The SMILES string of the molecule is NN1C(=O)NC2CS(=O)(=O)CC21. The number of urea groups is 1. The zero-order chi connectivity index (χ0) is 8.93. The molecule has 2 unspecified atom stereocenters. The Labute approximate surface area is 69.6 Å². The quantitative estimate of drug-likeness (QED) is 0.264. The number of amides is 2. The fraction of sp³-hybridized carbons (Fsp3) is 0.800. The van der Waals surface area contributed by atoms with Crippen LogP contribution in [0.15, 0.2) is 0 Å². The number of hydrazine groups is 1. The highest BCUT2D eigenvalue weighted by molar-refractivity contribution is 7.91. The third-order valence-corrected chi connectivity index (χ3v) is 3.94. The van der Waals surface area contributed by atoms with E-state index in [1.165, 1.54) is 0 Å². The zero-order valence-corrected chi connectivity index (χ0v) is 7.04. The second-order valence-corrected chi connectivity index (χ2v) is 5.26. The van der Waals surface area contributed by atoms with Crippen LogP contribution in [-0.4, -0.2) is 43.0 Å². The fourth-order valence-electron chi connectivity index (χ4n) is 1.62. The molecular weight excluding hydrogens is 182 g/mol. The zero-order valence-electron chi connectivity index (χ0n) is 6.23. The molecule has 2 atom stereocenters. The number of nitrogens with one attached hydrogen (secondary N) is 1. The monoisotopic (exact) mass is 191 g/mol. The molecule has 0 bridgehead atoms.